The predicted molar refractivity (Wildman–Crippen MR) is 79.6 cm³/mol. The van der Waals surface area contributed by atoms with E-state index in [2.05, 4.69) is 13.3 Å². The summed E-state index contributed by atoms with van der Waals surface area (Å²) in [7, 11) is -7.85. The first-order valence-electron chi connectivity index (χ1n) is 8.45. The Morgan fingerprint density at radius 1 is 0.417 bits per heavy atom. The van der Waals surface area contributed by atoms with Gasteiger partial charge in [0.15, 0.2) is 0 Å². The Kier molecular flexibility index (Phi) is 9.83. The third-order valence-electron chi connectivity index (χ3n) is 3.13. The van der Waals surface area contributed by atoms with Crippen molar-refractivity contribution in [2.45, 2.75) is 81.7 Å². The molecule has 1 N–H and O–H groups in total. The lowest BCUT2D eigenvalue weighted by Crippen LogP contribution is -2.73. The number of hydrogen-bond acceptors (Lipinski definition) is 4. The highest BCUT2D eigenvalue weighted by molar-refractivity contribution is 6.58. The van der Waals surface area contributed by atoms with Gasteiger partial charge in [0.05, 0.1) is 0 Å². The Labute approximate surface area is 189 Å². The van der Waals surface area contributed by atoms with Crippen molar-refractivity contribution in [1.29, 1.82) is 0 Å². The number of halogens is 18. The van der Waals surface area contributed by atoms with Crippen molar-refractivity contribution in [3.63, 3.8) is 0 Å². The number of nitrogens with one attached hydrogen (secondary N) is 1. The molecular formula is C13H13F18NO3Si. The minimum atomic E-state index is -7.85. The molecule has 0 atom stereocenters. The van der Waals surface area contributed by atoms with Crippen LogP contribution in [0.1, 0.15) is 20.8 Å². The van der Waals surface area contributed by atoms with E-state index in [9.17, 15) is 79.0 Å². The first-order chi connectivity index (χ1) is 15.2. The van der Waals surface area contributed by atoms with Gasteiger partial charge < -0.3 is 13.3 Å². The SMILES string of the molecule is CC(C)(C)N[Si](OC(C(F)(F)F)C(F)(F)F)(OC(C(F)(F)F)C(F)(F)F)OC(C(F)(F)F)C(F)(F)F. The number of alkyl halides is 18. The summed E-state index contributed by atoms with van der Waals surface area (Å²) in [5.41, 5.74) is -2.47. The molecule has 0 aromatic carbocycles. The molecule has 0 spiro atoms. The molecule has 0 saturated carbocycles. The molecule has 0 saturated heterocycles. The van der Waals surface area contributed by atoms with Crippen LogP contribution in [-0.4, -0.2) is 69.9 Å². The van der Waals surface area contributed by atoms with Gasteiger partial charge in [0.25, 0.3) is 0 Å². The van der Waals surface area contributed by atoms with Crippen molar-refractivity contribution in [3.8, 4) is 0 Å². The van der Waals surface area contributed by atoms with Gasteiger partial charge in [-0.1, -0.05) is 0 Å². The van der Waals surface area contributed by atoms with Gasteiger partial charge in [-0.05, 0) is 20.8 Å². The van der Waals surface area contributed by atoms with E-state index in [4.69, 9.17) is 0 Å². The normalized spacial score (nSPS) is 16.0. The van der Waals surface area contributed by atoms with E-state index in [1.807, 2.05) is 0 Å². The zero-order chi connectivity index (χ0) is 29.6. The smallest absolute Gasteiger partial charge is 0.340 e. The van der Waals surface area contributed by atoms with E-state index in [0.29, 0.717) is 20.8 Å². The molecule has 0 rings (SSSR count). The topological polar surface area (TPSA) is 39.7 Å². The van der Waals surface area contributed by atoms with E-state index in [-0.39, 0.29) is 0 Å². The summed E-state index contributed by atoms with van der Waals surface area (Å²) in [6, 6.07) is 0. The highest BCUT2D eigenvalue weighted by Crippen LogP contribution is 2.44. The van der Waals surface area contributed by atoms with Crippen molar-refractivity contribution in [2.75, 3.05) is 0 Å². The highest BCUT2D eigenvalue weighted by atomic mass is 28.4. The van der Waals surface area contributed by atoms with Gasteiger partial charge in [0.2, 0.25) is 18.3 Å². The molecule has 0 unspecified atom stereocenters. The van der Waals surface area contributed by atoms with Gasteiger partial charge in [-0.15, -0.1) is 0 Å². The van der Waals surface area contributed by atoms with Gasteiger partial charge in [-0.25, -0.2) is 0 Å². The maximum atomic E-state index is 12.9. The van der Waals surface area contributed by atoms with Crippen molar-refractivity contribution >= 4 is 8.97 Å². The fourth-order valence-electron chi connectivity index (χ4n) is 2.05. The molecule has 0 bridgehead atoms. The minimum Gasteiger partial charge on any atom is -0.340 e. The van der Waals surface area contributed by atoms with Crippen molar-refractivity contribution in [2.24, 2.45) is 0 Å². The van der Waals surface area contributed by atoms with E-state index >= 15 is 0 Å². The molecule has 0 aliphatic rings. The molecule has 0 fully saturated rings. The van der Waals surface area contributed by atoms with Crippen LogP contribution in [-0.2, 0) is 13.3 Å². The molecule has 0 radical (unpaired) electrons. The summed E-state index contributed by atoms with van der Waals surface area (Å²) in [6.45, 7) is 1.48. The van der Waals surface area contributed by atoms with Gasteiger partial charge in [0.1, 0.15) is 0 Å². The van der Waals surface area contributed by atoms with Gasteiger partial charge in [0, 0.05) is 5.54 Å². The van der Waals surface area contributed by atoms with Crippen molar-refractivity contribution < 1.29 is 92.3 Å². The fraction of sp³-hybridized carbons (Fsp3) is 1.00. The summed E-state index contributed by atoms with van der Waals surface area (Å²) in [4.78, 5) is 0.866. The Morgan fingerprint density at radius 2 is 0.583 bits per heavy atom. The van der Waals surface area contributed by atoms with E-state index in [1.54, 1.807) is 0 Å². The maximum absolute atomic E-state index is 12.9. The zero-order valence-corrected chi connectivity index (χ0v) is 18.3. The van der Waals surface area contributed by atoms with E-state index in [0.717, 1.165) is 4.98 Å². The largest absolute Gasteiger partial charge is 0.599 e. The first kappa shape index (κ1) is 34.8. The lowest BCUT2D eigenvalue weighted by molar-refractivity contribution is -0.345. The van der Waals surface area contributed by atoms with Crippen LogP contribution in [0.25, 0.3) is 0 Å². The molecule has 4 nitrogen and oxygen atoms in total. The lowest BCUT2D eigenvalue weighted by Gasteiger charge is -2.42. The summed E-state index contributed by atoms with van der Waals surface area (Å²) in [5.74, 6) is 0. The average molecular weight is 601 g/mol. The Morgan fingerprint density at radius 3 is 0.694 bits per heavy atom. The monoisotopic (exact) mass is 601 g/mol. The molecule has 0 heterocycles. The van der Waals surface area contributed by atoms with Crippen LogP contribution in [0, 0.1) is 0 Å². The number of rotatable bonds is 7. The molecule has 0 aliphatic heterocycles. The highest BCUT2D eigenvalue weighted by Gasteiger charge is 2.71. The summed E-state index contributed by atoms with van der Waals surface area (Å²) in [5, 5.41) is 0. The molecule has 0 amide bonds. The fourth-order valence-corrected chi connectivity index (χ4v) is 5.05. The van der Waals surface area contributed by atoms with Crippen molar-refractivity contribution in [1.82, 2.24) is 4.98 Å². The second kappa shape index (κ2) is 10.2. The minimum absolute atomic E-state index is 0.493. The first-order valence-corrected chi connectivity index (χ1v) is 10.2. The Bertz CT molecular complexity index is 588. The third-order valence-corrected chi connectivity index (χ3v) is 5.83. The van der Waals surface area contributed by atoms with E-state index < -0.39 is 69.9 Å². The van der Waals surface area contributed by atoms with Gasteiger partial charge >= 0.3 is 46.0 Å². The third kappa shape index (κ3) is 10.7. The van der Waals surface area contributed by atoms with Crippen LogP contribution in [0.3, 0.4) is 0 Å². The van der Waals surface area contributed by atoms with Gasteiger partial charge in [-0.3, -0.25) is 4.98 Å². The van der Waals surface area contributed by atoms with Crippen LogP contribution >= 0.6 is 0 Å². The quantitative estimate of drug-likeness (QED) is 0.273. The van der Waals surface area contributed by atoms with Crippen LogP contribution in [0.15, 0.2) is 0 Å². The molecule has 0 aromatic rings. The average Bonchev–Trinajstić information content (AvgIpc) is 2.47. The van der Waals surface area contributed by atoms with Crippen LogP contribution < -0.4 is 4.98 Å². The van der Waals surface area contributed by atoms with Crippen molar-refractivity contribution in [3.05, 3.63) is 0 Å². The summed E-state index contributed by atoms with van der Waals surface area (Å²) < 4.78 is 242. The molecule has 23 heteroatoms. The van der Waals surface area contributed by atoms with E-state index in [1.165, 1.54) is 0 Å². The van der Waals surface area contributed by atoms with Crippen LogP contribution in [0.4, 0.5) is 79.0 Å². The zero-order valence-electron chi connectivity index (χ0n) is 17.3. The van der Waals surface area contributed by atoms with Gasteiger partial charge in [-0.2, -0.15) is 79.0 Å². The summed E-state index contributed by atoms with van der Waals surface area (Å²) >= 11 is 0. The second-order valence-electron chi connectivity index (χ2n) is 7.67. The molecular weight excluding hydrogens is 588 g/mol. The second-order valence-corrected chi connectivity index (χ2v) is 9.74. The maximum Gasteiger partial charge on any atom is 0.599 e. The molecule has 0 aliphatic carbocycles. The number of hydrogen-bond donors (Lipinski definition) is 1. The van der Waals surface area contributed by atoms with Crippen LogP contribution in [0.2, 0.25) is 0 Å². The molecule has 36 heavy (non-hydrogen) atoms. The molecule has 218 valence electrons. The van der Waals surface area contributed by atoms with Crippen LogP contribution in [0.5, 0.6) is 0 Å². The standard InChI is InChI=1S/C13H13F18NO3Si/c1-7(2,3)32-36(33-4(8(14,15)16)9(17,18)19,34-5(10(20,21)22)11(23,24)25)35-6(12(26,27)28)13(29,30)31/h4-6,32H,1-3H3. The molecule has 0 aromatic heterocycles. The Balaban J connectivity index is 7.41. The summed E-state index contributed by atoms with van der Waals surface area (Å²) in [6.07, 6.45) is -57.8. The lowest BCUT2D eigenvalue weighted by atomic mass is 10.1. The predicted octanol–water partition coefficient (Wildman–Crippen LogP) is 6.34. The Hall–Kier alpha value is -1.20.